The summed E-state index contributed by atoms with van der Waals surface area (Å²) in [4.78, 5) is 11.3. The van der Waals surface area contributed by atoms with Crippen molar-refractivity contribution in [3.8, 4) is 5.75 Å². The van der Waals surface area contributed by atoms with Gasteiger partial charge in [0, 0.05) is 15.6 Å². The summed E-state index contributed by atoms with van der Waals surface area (Å²) in [6.07, 6.45) is -0.0812. The third-order valence-electron chi connectivity index (χ3n) is 4.30. The predicted octanol–water partition coefficient (Wildman–Crippen LogP) is 4.38. The molecule has 0 radical (unpaired) electrons. The maximum Gasteiger partial charge on any atom is 0.425 e. The van der Waals surface area contributed by atoms with E-state index in [4.69, 9.17) is 4.74 Å². The summed E-state index contributed by atoms with van der Waals surface area (Å²) in [6, 6.07) is 2.58. The van der Waals surface area contributed by atoms with Crippen LogP contribution in [-0.2, 0) is 15.1 Å². The highest BCUT2D eigenvalue weighted by atomic mass is 79.9. The van der Waals surface area contributed by atoms with Crippen LogP contribution in [0.2, 0.25) is 0 Å². The molecule has 1 atom stereocenters. The van der Waals surface area contributed by atoms with Gasteiger partial charge in [0.1, 0.15) is 5.75 Å². The number of carbonyl (C=O) groups excluding carboxylic acids is 1. The van der Waals surface area contributed by atoms with Crippen LogP contribution < -0.4 is 4.74 Å². The summed E-state index contributed by atoms with van der Waals surface area (Å²) in [7, 11) is 0. The van der Waals surface area contributed by atoms with Gasteiger partial charge in [0.25, 0.3) is 0 Å². The number of hydrogen-bond donors (Lipinski definition) is 1. The molecule has 1 unspecified atom stereocenters. The Morgan fingerprint density at radius 2 is 2.15 bits per heavy atom. The molecule has 8 heteroatoms. The Morgan fingerprint density at radius 3 is 2.81 bits per heavy atom. The van der Waals surface area contributed by atoms with Gasteiger partial charge in [-0.05, 0) is 36.1 Å². The second kappa shape index (κ2) is 6.59. The Labute approximate surface area is 155 Å². The molecule has 2 aliphatic carbocycles. The number of rotatable bonds is 4. The van der Waals surface area contributed by atoms with Gasteiger partial charge in [-0.2, -0.15) is 13.2 Å². The van der Waals surface area contributed by atoms with Gasteiger partial charge in [-0.1, -0.05) is 34.7 Å². The molecule has 0 heterocycles. The maximum absolute atomic E-state index is 13.8. The fourth-order valence-corrected chi connectivity index (χ4v) is 3.92. The number of aliphatic hydroxyl groups is 1. The molecule has 1 aromatic carbocycles. The number of ether oxygens (including phenoxy) is 2. The molecule has 3 rings (SSSR count). The quantitative estimate of drug-likeness (QED) is 0.568. The number of fused-ring (bicyclic) bond motifs is 2. The number of alkyl halides is 3. The number of allylic oxidation sites excluding steroid dienone is 2. The number of benzene rings is 1. The van der Waals surface area contributed by atoms with Crippen LogP contribution in [0.4, 0.5) is 13.2 Å². The molecular formula is C18H14BrF3O4. The van der Waals surface area contributed by atoms with Gasteiger partial charge in [-0.25, -0.2) is 4.79 Å². The van der Waals surface area contributed by atoms with Crippen molar-refractivity contribution in [1.29, 1.82) is 0 Å². The monoisotopic (exact) mass is 430 g/mol. The first kappa shape index (κ1) is 18.7. The highest BCUT2D eigenvalue weighted by Gasteiger charge is 2.61. The SMILES string of the molecule is C=COC(=O)COc1cc(Br)c2c(c1)C(O)(C(F)(F)F)C1=C2CCC=C1. The molecular weight excluding hydrogens is 417 g/mol. The lowest BCUT2D eigenvalue weighted by atomic mass is 9.87. The van der Waals surface area contributed by atoms with Crippen molar-refractivity contribution in [3.05, 3.63) is 58.3 Å². The third-order valence-corrected chi connectivity index (χ3v) is 4.92. The van der Waals surface area contributed by atoms with Gasteiger partial charge in [0.15, 0.2) is 6.61 Å². The van der Waals surface area contributed by atoms with E-state index >= 15 is 0 Å². The smallest absolute Gasteiger partial charge is 0.425 e. The van der Waals surface area contributed by atoms with Crippen LogP contribution in [0, 0.1) is 0 Å². The van der Waals surface area contributed by atoms with Crippen LogP contribution >= 0.6 is 15.9 Å². The highest BCUT2D eigenvalue weighted by molar-refractivity contribution is 9.10. The van der Waals surface area contributed by atoms with E-state index in [2.05, 4.69) is 27.2 Å². The average Bonchev–Trinajstić information content (AvgIpc) is 2.84. The molecule has 0 fully saturated rings. The molecule has 0 aromatic heterocycles. The summed E-state index contributed by atoms with van der Waals surface area (Å²) in [5.41, 5.74) is -2.85. The molecule has 0 saturated heterocycles. The van der Waals surface area contributed by atoms with Gasteiger partial charge in [-0.3, -0.25) is 0 Å². The summed E-state index contributed by atoms with van der Waals surface area (Å²) in [5, 5.41) is 10.7. The molecule has 4 nitrogen and oxygen atoms in total. The predicted molar refractivity (Wildman–Crippen MR) is 91.2 cm³/mol. The van der Waals surface area contributed by atoms with Crippen molar-refractivity contribution >= 4 is 27.5 Å². The molecule has 1 aromatic rings. The van der Waals surface area contributed by atoms with Crippen LogP contribution in [0.25, 0.3) is 5.57 Å². The molecule has 0 aliphatic heterocycles. The lowest BCUT2D eigenvalue weighted by molar-refractivity contribution is -0.247. The summed E-state index contributed by atoms with van der Waals surface area (Å²) >= 11 is 3.27. The minimum atomic E-state index is -4.92. The minimum Gasteiger partial charge on any atom is -0.482 e. The molecule has 26 heavy (non-hydrogen) atoms. The van der Waals surface area contributed by atoms with E-state index in [1.165, 1.54) is 12.1 Å². The van der Waals surface area contributed by atoms with Crippen molar-refractivity contribution in [2.75, 3.05) is 6.61 Å². The van der Waals surface area contributed by atoms with Gasteiger partial charge < -0.3 is 14.6 Å². The van der Waals surface area contributed by atoms with Gasteiger partial charge in [-0.15, -0.1) is 0 Å². The molecule has 0 amide bonds. The normalized spacial score (nSPS) is 21.3. The van der Waals surface area contributed by atoms with E-state index < -0.39 is 24.4 Å². The van der Waals surface area contributed by atoms with E-state index in [0.29, 0.717) is 28.5 Å². The van der Waals surface area contributed by atoms with E-state index in [9.17, 15) is 23.1 Å². The zero-order valence-corrected chi connectivity index (χ0v) is 15.0. The number of esters is 1. The number of carbonyl (C=O) groups is 1. The largest absolute Gasteiger partial charge is 0.482 e. The number of halogens is 4. The molecule has 138 valence electrons. The van der Waals surface area contributed by atoms with E-state index in [1.54, 1.807) is 6.08 Å². The zero-order chi connectivity index (χ0) is 19.1. The van der Waals surface area contributed by atoms with E-state index in [-0.39, 0.29) is 16.9 Å². The summed E-state index contributed by atoms with van der Waals surface area (Å²) in [5.74, 6) is -0.744. The molecule has 0 saturated carbocycles. The maximum atomic E-state index is 13.8. The van der Waals surface area contributed by atoms with Crippen LogP contribution in [0.3, 0.4) is 0 Å². The Hall–Kier alpha value is -2.06. The first-order valence-electron chi connectivity index (χ1n) is 7.67. The van der Waals surface area contributed by atoms with Crippen molar-refractivity contribution in [3.63, 3.8) is 0 Å². The van der Waals surface area contributed by atoms with Crippen LogP contribution in [0.1, 0.15) is 24.0 Å². The molecule has 1 N–H and O–H groups in total. The topological polar surface area (TPSA) is 55.8 Å². The lowest BCUT2D eigenvalue weighted by Gasteiger charge is -2.30. The van der Waals surface area contributed by atoms with Gasteiger partial charge in [0.05, 0.1) is 6.26 Å². The molecule has 0 spiro atoms. The van der Waals surface area contributed by atoms with E-state index in [0.717, 1.165) is 12.3 Å². The second-order valence-corrected chi connectivity index (χ2v) is 6.67. The van der Waals surface area contributed by atoms with Crippen LogP contribution in [0.5, 0.6) is 5.75 Å². The minimum absolute atomic E-state index is 0.00291. The van der Waals surface area contributed by atoms with Crippen molar-refractivity contribution in [2.45, 2.75) is 24.6 Å². The Bertz CT molecular complexity index is 842. The Morgan fingerprint density at radius 1 is 1.42 bits per heavy atom. The number of hydrogen-bond acceptors (Lipinski definition) is 4. The lowest BCUT2D eigenvalue weighted by Crippen LogP contribution is -2.42. The average molecular weight is 431 g/mol. The first-order valence-corrected chi connectivity index (χ1v) is 8.46. The first-order chi connectivity index (χ1) is 12.2. The standard InChI is InChI=1S/C18H14BrF3O4/c1-2-25-15(23)9-26-10-7-13-16(14(19)8-10)11-5-3-4-6-12(11)17(13,24)18(20,21)22/h2,4,6-8,24H,1,3,5,9H2. The second-order valence-electron chi connectivity index (χ2n) is 5.81. The van der Waals surface area contributed by atoms with Gasteiger partial charge in [0.2, 0.25) is 5.60 Å². The van der Waals surface area contributed by atoms with Crippen LogP contribution in [0.15, 0.2) is 47.2 Å². The van der Waals surface area contributed by atoms with Crippen LogP contribution in [-0.4, -0.2) is 23.9 Å². The molecule has 2 aliphatic rings. The van der Waals surface area contributed by atoms with Crippen molar-refractivity contribution < 1.29 is 32.5 Å². The summed E-state index contributed by atoms with van der Waals surface area (Å²) in [6.45, 7) is 2.72. The van der Waals surface area contributed by atoms with Gasteiger partial charge >= 0.3 is 12.1 Å². The fourth-order valence-electron chi connectivity index (χ4n) is 3.24. The van der Waals surface area contributed by atoms with Crippen molar-refractivity contribution in [1.82, 2.24) is 0 Å². The Kier molecular flexibility index (Phi) is 4.74. The van der Waals surface area contributed by atoms with E-state index in [1.807, 2.05) is 0 Å². The third kappa shape index (κ3) is 2.87. The zero-order valence-electron chi connectivity index (χ0n) is 13.4. The summed E-state index contributed by atoms with van der Waals surface area (Å²) < 4.78 is 51.5. The Balaban J connectivity index is 2.07. The molecule has 0 bridgehead atoms. The van der Waals surface area contributed by atoms with Crippen molar-refractivity contribution in [2.24, 2.45) is 0 Å². The highest BCUT2D eigenvalue weighted by Crippen LogP contribution is 2.57. The fraction of sp³-hybridized carbons (Fsp3) is 0.278.